The van der Waals surface area contributed by atoms with E-state index in [0.29, 0.717) is 15.6 Å². The molecule has 0 aliphatic heterocycles. The summed E-state index contributed by atoms with van der Waals surface area (Å²) in [4.78, 5) is 14.3. The van der Waals surface area contributed by atoms with Gasteiger partial charge in [-0.05, 0) is 52.3 Å². The predicted molar refractivity (Wildman–Crippen MR) is 108 cm³/mol. The van der Waals surface area contributed by atoms with Gasteiger partial charge in [0.15, 0.2) is 0 Å². The summed E-state index contributed by atoms with van der Waals surface area (Å²) < 4.78 is 27.6. The van der Waals surface area contributed by atoms with E-state index in [-0.39, 0.29) is 34.4 Å². The van der Waals surface area contributed by atoms with Gasteiger partial charge in [-0.3, -0.25) is 9.52 Å². The van der Waals surface area contributed by atoms with E-state index in [2.05, 4.69) is 14.9 Å². The zero-order chi connectivity index (χ0) is 20.4. The van der Waals surface area contributed by atoms with Gasteiger partial charge in [0.2, 0.25) is 11.0 Å². The summed E-state index contributed by atoms with van der Waals surface area (Å²) in [5.41, 5.74) is 0.455. The van der Waals surface area contributed by atoms with Crippen LogP contribution in [-0.4, -0.2) is 41.5 Å². The van der Waals surface area contributed by atoms with Crippen LogP contribution in [0.2, 0.25) is 5.02 Å². The Balaban J connectivity index is 2.16. The van der Waals surface area contributed by atoms with Crippen LogP contribution in [0.25, 0.3) is 0 Å². The van der Waals surface area contributed by atoms with Crippen molar-refractivity contribution in [1.82, 2.24) is 15.1 Å². The zero-order valence-electron chi connectivity index (χ0n) is 15.9. The number of nitrogens with one attached hydrogen (secondary N) is 1. The topological polar surface area (TPSA) is 92.3 Å². The first-order valence-electron chi connectivity index (χ1n) is 8.44. The van der Waals surface area contributed by atoms with Crippen molar-refractivity contribution in [1.29, 1.82) is 0 Å². The van der Waals surface area contributed by atoms with Crippen LogP contribution in [0.1, 0.15) is 38.3 Å². The lowest BCUT2D eigenvalue weighted by Crippen LogP contribution is -2.42. The number of sulfonamides is 1. The molecule has 0 aliphatic rings. The highest BCUT2D eigenvalue weighted by molar-refractivity contribution is 7.93. The lowest BCUT2D eigenvalue weighted by Gasteiger charge is -2.30. The second kappa shape index (κ2) is 8.53. The van der Waals surface area contributed by atoms with E-state index < -0.39 is 10.0 Å². The number of hydrogen-bond acceptors (Lipinski definition) is 6. The Morgan fingerprint density at radius 2 is 1.85 bits per heavy atom. The van der Waals surface area contributed by atoms with Gasteiger partial charge in [0.05, 0.1) is 11.3 Å². The average Bonchev–Trinajstić information content (AvgIpc) is 2.95. The molecule has 0 saturated carbocycles. The summed E-state index contributed by atoms with van der Waals surface area (Å²) in [6.45, 7) is 9.43. The SMILES string of the molecule is Cc1c(Cl)cccc1S(=O)(=O)Nc1nnc(CC(=O)N(C(C)C)C(C)C)s1. The van der Waals surface area contributed by atoms with Gasteiger partial charge in [0.1, 0.15) is 5.01 Å². The van der Waals surface area contributed by atoms with E-state index in [0.717, 1.165) is 11.3 Å². The van der Waals surface area contributed by atoms with Crippen molar-refractivity contribution in [3.63, 3.8) is 0 Å². The van der Waals surface area contributed by atoms with Gasteiger partial charge in [-0.1, -0.05) is 29.0 Å². The number of hydrogen-bond donors (Lipinski definition) is 1. The molecule has 27 heavy (non-hydrogen) atoms. The molecule has 1 N–H and O–H groups in total. The Bertz CT molecular complexity index is 918. The monoisotopic (exact) mass is 430 g/mol. The fraction of sp³-hybridized carbons (Fsp3) is 0.471. The van der Waals surface area contributed by atoms with Crippen molar-refractivity contribution in [2.45, 2.75) is 58.0 Å². The molecular weight excluding hydrogens is 408 g/mol. The van der Waals surface area contributed by atoms with E-state index in [4.69, 9.17) is 11.6 Å². The van der Waals surface area contributed by atoms with Gasteiger partial charge in [0.25, 0.3) is 10.0 Å². The lowest BCUT2D eigenvalue weighted by atomic mass is 10.2. The fourth-order valence-corrected chi connectivity index (χ4v) is 5.27. The number of carbonyl (C=O) groups excluding carboxylic acids is 1. The first-order valence-corrected chi connectivity index (χ1v) is 11.1. The maximum Gasteiger partial charge on any atom is 0.264 e. The third-order valence-corrected chi connectivity index (χ3v) is 6.76. The summed E-state index contributed by atoms with van der Waals surface area (Å²) in [6, 6.07) is 4.79. The Hall–Kier alpha value is -1.71. The summed E-state index contributed by atoms with van der Waals surface area (Å²) in [5.74, 6) is -0.0729. The van der Waals surface area contributed by atoms with Crippen LogP contribution in [0.3, 0.4) is 0 Å². The molecule has 0 saturated heterocycles. The van der Waals surface area contributed by atoms with Crippen molar-refractivity contribution >= 4 is 44.0 Å². The van der Waals surface area contributed by atoms with Crippen LogP contribution in [0.15, 0.2) is 23.1 Å². The molecule has 1 heterocycles. The molecule has 0 unspecified atom stereocenters. The van der Waals surface area contributed by atoms with Crippen molar-refractivity contribution < 1.29 is 13.2 Å². The molecule has 0 aliphatic carbocycles. The first-order chi connectivity index (χ1) is 12.5. The first kappa shape index (κ1) is 21.6. The van der Waals surface area contributed by atoms with Gasteiger partial charge in [-0.2, -0.15) is 0 Å². The smallest absolute Gasteiger partial charge is 0.264 e. The van der Waals surface area contributed by atoms with E-state index >= 15 is 0 Å². The van der Waals surface area contributed by atoms with Gasteiger partial charge >= 0.3 is 0 Å². The standard InChI is InChI=1S/C17H23ClN4O3S2/c1-10(2)22(11(3)4)16(23)9-15-19-20-17(26-15)21-27(24,25)14-8-6-7-13(18)12(14)5/h6-8,10-11H,9H2,1-5H3,(H,20,21). The summed E-state index contributed by atoms with van der Waals surface area (Å²) in [7, 11) is -3.85. The van der Waals surface area contributed by atoms with E-state index in [1.807, 2.05) is 27.7 Å². The molecule has 2 aromatic rings. The van der Waals surface area contributed by atoms with E-state index in [1.54, 1.807) is 24.0 Å². The average molecular weight is 431 g/mol. The molecule has 0 spiro atoms. The number of nitrogens with zero attached hydrogens (tertiary/aromatic N) is 3. The molecule has 1 aromatic carbocycles. The molecule has 7 nitrogen and oxygen atoms in total. The zero-order valence-corrected chi connectivity index (χ0v) is 18.2. The second-order valence-corrected chi connectivity index (χ2v) is 9.75. The number of anilines is 1. The highest BCUT2D eigenvalue weighted by Crippen LogP contribution is 2.26. The fourth-order valence-electron chi connectivity index (χ4n) is 2.81. The van der Waals surface area contributed by atoms with Crippen molar-refractivity contribution in [2.24, 2.45) is 0 Å². The summed E-state index contributed by atoms with van der Waals surface area (Å²) in [5, 5.41) is 8.72. The van der Waals surface area contributed by atoms with E-state index in [1.165, 1.54) is 6.07 Å². The van der Waals surface area contributed by atoms with Crippen LogP contribution in [0, 0.1) is 6.92 Å². The molecule has 10 heteroatoms. The maximum atomic E-state index is 12.6. The number of rotatable bonds is 7. The predicted octanol–water partition coefficient (Wildman–Crippen LogP) is 3.49. The molecule has 0 bridgehead atoms. The molecule has 148 valence electrons. The minimum absolute atomic E-state index is 0.0641. The van der Waals surface area contributed by atoms with Gasteiger partial charge in [-0.25, -0.2) is 8.42 Å². The Labute approximate surface area is 168 Å². The van der Waals surface area contributed by atoms with Gasteiger partial charge in [0, 0.05) is 17.1 Å². The largest absolute Gasteiger partial charge is 0.337 e. The highest BCUT2D eigenvalue weighted by atomic mass is 35.5. The quantitative estimate of drug-likeness (QED) is 0.725. The lowest BCUT2D eigenvalue weighted by molar-refractivity contribution is -0.134. The van der Waals surface area contributed by atoms with Crippen LogP contribution in [0.5, 0.6) is 0 Å². The van der Waals surface area contributed by atoms with Crippen LogP contribution >= 0.6 is 22.9 Å². The molecule has 0 atom stereocenters. The van der Waals surface area contributed by atoms with Gasteiger partial charge < -0.3 is 4.90 Å². The molecule has 2 rings (SSSR count). The molecular formula is C17H23ClN4O3S2. The number of carbonyl (C=O) groups is 1. The normalized spacial score (nSPS) is 11.9. The Kier molecular flexibility index (Phi) is 6.82. The van der Waals surface area contributed by atoms with Gasteiger partial charge in [-0.15, -0.1) is 10.2 Å². The molecule has 0 fully saturated rings. The number of aromatic nitrogens is 2. The Morgan fingerprint density at radius 3 is 2.44 bits per heavy atom. The minimum Gasteiger partial charge on any atom is -0.337 e. The Morgan fingerprint density at radius 1 is 1.22 bits per heavy atom. The number of amides is 1. The molecule has 1 aromatic heterocycles. The molecule has 0 radical (unpaired) electrons. The highest BCUT2D eigenvalue weighted by Gasteiger charge is 2.23. The van der Waals surface area contributed by atoms with Crippen molar-refractivity contribution in [2.75, 3.05) is 4.72 Å². The maximum absolute atomic E-state index is 12.6. The van der Waals surface area contributed by atoms with Crippen molar-refractivity contribution in [3.05, 3.63) is 33.8 Å². The summed E-state index contributed by atoms with van der Waals surface area (Å²) >= 11 is 7.05. The van der Waals surface area contributed by atoms with E-state index in [9.17, 15) is 13.2 Å². The number of halogens is 1. The van der Waals surface area contributed by atoms with Crippen LogP contribution in [0.4, 0.5) is 5.13 Å². The van der Waals surface area contributed by atoms with Crippen LogP contribution < -0.4 is 4.72 Å². The summed E-state index contributed by atoms with van der Waals surface area (Å²) in [6.07, 6.45) is 0.0753. The van der Waals surface area contributed by atoms with Crippen LogP contribution in [-0.2, 0) is 21.2 Å². The minimum atomic E-state index is -3.85. The third-order valence-electron chi connectivity index (χ3n) is 3.90. The third kappa shape index (κ3) is 5.18. The number of benzene rings is 1. The van der Waals surface area contributed by atoms with Crippen molar-refractivity contribution in [3.8, 4) is 0 Å². The molecule has 1 amide bonds. The second-order valence-electron chi connectivity index (χ2n) is 6.63.